The summed E-state index contributed by atoms with van der Waals surface area (Å²) in [4.78, 5) is 24.8. The lowest BCUT2D eigenvalue weighted by Gasteiger charge is -2.39. The van der Waals surface area contributed by atoms with Gasteiger partial charge in [-0.25, -0.2) is 0 Å². The number of fused-ring (bicyclic) bond motifs is 1. The van der Waals surface area contributed by atoms with Gasteiger partial charge in [0.05, 0.1) is 16.0 Å². The van der Waals surface area contributed by atoms with Gasteiger partial charge in [0.25, 0.3) is 5.91 Å². The van der Waals surface area contributed by atoms with E-state index in [1.54, 1.807) is 18.2 Å². The number of rotatable bonds is 6. The maximum absolute atomic E-state index is 12.5. The third kappa shape index (κ3) is 4.24. The van der Waals surface area contributed by atoms with Crippen LogP contribution in [0.25, 0.3) is 0 Å². The van der Waals surface area contributed by atoms with Gasteiger partial charge in [-0.15, -0.1) is 0 Å². The van der Waals surface area contributed by atoms with Gasteiger partial charge in [-0.2, -0.15) is 0 Å². The summed E-state index contributed by atoms with van der Waals surface area (Å²) in [5.41, 5.74) is -0.203. The lowest BCUT2D eigenvalue weighted by atomic mass is 9.76. The van der Waals surface area contributed by atoms with Crippen LogP contribution in [0.4, 0.5) is 0 Å². The molecule has 1 aromatic rings. The van der Waals surface area contributed by atoms with E-state index in [1.165, 1.54) is 0 Å². The highest BCUT2D eigenvalue weighted by molar-refractivity contribution is 6.42. The van der Waals surface area contributed by atoms with Crippen molar-refractivity contribution in [3.8, 4) is 5.75 Å². The Morgan fingerprint density at radius 1 is 1.21 bits per heavy atom. The fourth-order valence-electron chi connectivity index (χ4n) is 4.73. The second-order valence-electron chi connectivity index (χ2n) is 8.22. The first-order valence-electron chi connectivity index (χ1n) is 9.84. The molecule has 8 heteroatoms. The van der Waals surface area contributed by atoms with Gasteiger partial charge in [0.2, 0.25) is 5.91 Å². The van der Waals surface area contributed by atoms with Crippen molar-refractivity contribution in [2.75, 3.05) is 19.7 Å². The topological polar surface area (TPSA) is 79.5 Å². The standard InChI is InChI=1S/C20H25Cl2N3O3/c21-15-4-3-14(6-16(15)22)28-11-18(26)25-20-7-13(8-20)17(9-20)24-19(27)12-2-1-5-23-10-12/h3-4,6,12-13,17,23H,1-2,5,7-11H2,(H,24,27)(H,25,26). The predicted octanol–water partition coefficient (Wildman–Crippen LogP) is 2.53. The van der Waals surface area contributed by atoms with Crippen molar-refractivity contribution in [1.82, 2.24) is 16.0 Å². The minimum Gasteiger partial charge on any atom is -0.484 e. The van der Waals surface area contributed by atoms with Gasteiger partial charge in [-0.3, -0.25) is 9.59 Å². The molecule has 1 saturated heterocycles. The summed E-state index contributed by atoms with van der Waals surface area (Å²) in [5.74, 6) is 1.02. The Labute approximate surface area is 174 Å². The summed E-state index contributed by atoms with van der Waals surface area (Å²) >= 11 is 11.8. The molecule has 1 aliphatic heterocycles. The van der Waals surface area contributed by atoms with Crippen LogP contribution in [-0.2, 0) is 9.59 Å². The second-order valence-corrected chi connectivity index (χ2v) is 9.04. The first-order chi connectivity index (χ1) is 13.4. The molecule has 152 valence electrons. The third-order valence-electron chi connectivity index (χ3n) is 6.15. The Balaban J connectivity index is 1.24. The number of piperidine rings is 1. The van der Waals surface area contributed by atoms with Crippen LogP contribution in [0.1, 0.15) is 32.1 Å². The summed E-state index contributed by atoms with van der Waals surface area (Å²) in [7, 11) is 0. The van der Waals surface area contributed by atoms with Crippen LogP contribution < -0.4 is 20.7 Å². The Morgan fingerprint density at radius 3 is 2.75 bits per heavy atom. The molecule has 4 fully saturated rings. The summed E-state index contributed by atoms with van der Waals surface area (Å²) in [6, 6.07) is 5.07. The number of amides is 2. The fraction of sp³-hybridized carbons (Fsp3) is 0.600. The number of nitrogens with one attached hydrogen (secondary N) is 3. The molecular weight excluding hydrogens is 401 g/mol. The molecule has 3 aliphatic carbocycles. The van der Waals surface area contributed by atoms with Crippen LogP contribution in [0.3, 0.4) is 0 Å². The zero-order chi connectivity index (χ0) is 19.7. The largest absolute Gasteiger partial charge is 0.484 e. The van der Waals surface area contributed by atoms with Gasteiger partial charge < -0.3 is 20.7 Å². The number of hydrogen-bond donors (Lipinski definition) is 3. The van der Waals surface area contributed by atoms with Crippen molar-refractivity contribution >= 4 is 35.0 Å². The van der Waals surface area contributed by atoms with Crippen LogP contribution >= 0.6 is 23.2 Å². The van der Waals surface area contributed by atoms with Crippen molar-refractivity contribution in [2.24, 2.45) is 11.8 Å². The molecule has 1 aromatic carbocycles. The van der Waals surface area contributed by atoms with Gasteiger partial charge in [0, 0.05) is 24.2 Å². The lowest BCUT2D eigenvalue weighted by molar-refractivity contribution is -0.127. The van der Waals surface area contributed by atoms with E-state index in [2.05, 4.69) is 16.0 Å². The summed E-state index contributed by atoms with van der Waals surface area (Å²) < 4.78 is 5.52. The minimum absolute atomic E-state index is 0.0664. The number of ether oxygens (including phenoxy) is 1. The average molecular weight is 426 g/mol. The van der Waals surface area contributed by atoms with E-state index in [-0.39, 0.29) is 35.9 Å². The molecule has 2 amide bonds. The molecular formula is C20H25Cl2N3O3. The van der Waals surface area contributed by atoms with E-state index in [9.17, 15) is 9.59 Å². The molecule has 2 bridgehead atoms. The first-order valence-corrected chi connectivity index (χ1v) is 10.6. The molecule has 2 atom stereocenters. The van der Waals surface area contributed by atoms with E-state index in [4.69, 9.17) is 27.9 Å². The van der Waals surface area contributed by atoms with E-state index in [0.717, 1.165) is 45.2 Å². The van der Waals surface area contributed by atoms with Gasteiger partial charge in [-0.1, -0.05) is 23.2 Å². The van der Waals surface area contributed by atoms with Crippen LogP contribution in [0.15, 0.2) is 18.2 Å². The summed E-state index contributed by atoms with van der Waals surface area (Å²) in [6.07, 6.45) is 4.62. The summed E-state index contributed by atoms with van der Waals surface area (Å²) in [5, 5.41) is 10.5. The minimum atomic E-state index is -0.203. The Bertz CT molecular complexity index is 761. The van der Waals surface area contributed by atoms with E-state index in [1.807, 2.05) is 0 Å². The monoisotopic (exact) mass is 425 g/mol. The van der Waals surface area contributed by atoms with Gasteiger partial charge in [0.1, 0.15) is 5.75 Å². The van der Waals surface area contributed by atoms with Crippen LogP contribution in [0.2, 0.25) is 10.0 Å². The van der Waals surface area contributed by atoms with E-state index >= 15 is 0 Å². The Hall–Kier alpha value is -1.50. The number of carbonyl (C=O) groups excluding carboxylic acids is 2. The molecule has 5 rings (SSSR count). The fourth-order valence-corrected chi connectivity index (χ4v) is 5.02. The van der Waals surface area contributed by atoms with Crippen molar-refractivity contribution in [3.63, 3.8) is 0 Å². The quantitative estimate of drug-likeness (QED) is 0.653. The molecule has 0 spiro atoms. The SMILES string of the molecule is O=C(COc1ccc(Cl)c(Cl)c1)NC12CC(C1)C(NC(=O)C1CCCNC1)C2. The molecule has 0 radical (unpaired) electrons. The van der Waals surface area contributed by atoms with Crippen molar-refractivity contribution < 1.29 is 14.3 Å². The highest BCUT2D eigenvalue weighted by Gasteiger charge is 2.57. The first kappa shape index (κ1) is 19.8. The Morgan fingerprint density at radius 2 is 2.04 bits per heavy atom. The predicted molar refractivity (Wildman–Crippen MR) is 108 cm³/mol. The molecule has 0 aromatic heterocycles. The van der Waals surface area contributed by atoms with Gasteiger partial charge in [-0.05, 0) is 56.7 Å². The third-order valence-corrected chi connectivity index (χ3v) is 6.89. The highest BCUT2D eigenvalue weighted by Crippen LogP contribution is 2.52. The molecule has 28 heavy (non-hydrogen) atoms. The molecule has 3 saturated carbocycles. The maximum atomic E-state index is 12.5. The van der Waals surface area contributed by atoms with Crippen molar-refractivity contribution in [2.45, 2.75) is 43.7 Å². The number of carbonyl (C=O) groups is 2. The van der Waals surface area contributed by atoms with Gasteiger partial charge >= 0.3 is 0 Å². The molecule has 4 aliphatic rings. The molecule has 2 unspecified atom stereocenters. The number of halogens is 2. The smallest absolute Gasteiger partial charge is 0.258 e. The second kappa shape index (κ2) is 8.09. The molecule has 6 nitrogen and oxygen atoms in total. The van der Waals surface area contributed by atoms with Crippen LogP contribution in [-0.4, -0.2) is 43.1 Å². The zero-order valence-electron chi connectivity index (χ0n) is 15.6. The molecule has 3 N–H and O–H groups in total. The van der Waals surface area contributed by atoms with Crippen LogP contribution in [0, 0.1) is 11.8 Å². The lowest BCUT2D eigenvalue weighted by Crippen LogP contribution is -2.53. The van der Waals surface area contributed by atoms with E-state index < -0.39 is 0 Å². The number of hydrogen-bond acceptors (Lipinski definition) is 4. The number of benzene rings is 1. The average Bonchev–Trinajstić information content (AvgIpc) is 3.17. The maximum Gasteiger partial charge on any atom is 0.258 e. The van der Waals surface area contributed by atoms with Gasteiger partial charge in [0.15, 0.2) is 6.61 Å². The zero-order valence-corrected chi connectivity index (χ0v) is 17.1. The molecule has 1 heterocycles. The highest BCUT2D eigenvalue weighted by atomic mass is 35.5. The van der Waals surface area contributed by atoms with Crippen molar-refractivity contribution in [3.05, 3.63) is 28.2 Å². The normalized spacial score (nSPS) is 31.0. The van der Waals surface area contributed by atoms with Crippen molar-refractivity contribution in [1.29, 1.82) is 0 Å². The Kier molecular flexibility index (Phi) is 5.72. The van der Waals surface area contributed by atoms with E-state index in [0.29, 0.717) is 21.7 Å². The van der Waals surface area contributed by atoms with Crippen LogP contribution in [0.5, 0.6) is 5.75 Å². The summed E-state index contributed by atoms with van der Waals surface area (Å²) in [6.45, 7) is 1.68.